The van der Waals surface area contributed by atoms with Crippen molar-refractivity contribution < 1.29 is 19.6 Å². The van der Waals surface area contributed by atoms with Crippen molar-refractivity contribution in [3.8, 4) is 0 Å². The third-order valence-corrected chi connectivity index (χ3v) is 4.16. The molecule has 0 bridgehead atoms. The van der Waals surface area contributed by atoms with Crippen LogP contribution in [0, 0.1) is 5.92 Å². The molecular formula is C13H22N2O3. The summed E-state index contributed by atoms with van der Waals surface area (Å²) in [5.41, 5.74) is 0. The van der Waals surface area contributed by atoms with Crippen molar-refractivity contribution in [3.05, 3.63) is 0 Å². The van der Waals surface area contributed by atoms with Crippen LogP contribution in [0.5, 0.6) is 0 Å². The van der Waals surface area contributed by atoms with Crippen molar-refractivity contribution in [2.45, 2.75) is 44.6 Å². The number of rotatable bonds is 4. The van der Waals surface area contributed by atoms with Crippen molar-refractivity contribution in [3.63, 3.8) is 0 Å². The normalized spacial score (nSPS) is 29.1. The fraction of sp³-hybridized carbons (Fsp3) is 0.846. The standard InChI is InChI=1S/C13H22N2O3/c16-12(14-11-3-1-2-4-11)9-15-7-5-10(6-8-15)13(17)18/h10-11H,1-9H2,(H,14,16)(H,17,18). The molecule has 102 valence electrons. The lowest BCUT2D eigenvalue weighted by Gasteiger charge is -2.29. The number of hydrogen-bond acceptors (Lipinski definition) is 3. The molecule has 0 unspecified atom stereocenters. The lowest BCUT2D eigenvalue weighted by molar-refractivity contribution is -0.898. The van der Waals surface area contributed by atoms with Crippen molar-refractivity contribution >= 4 is 11.9 Å². The molecule has 1 saturated heterocycles. The van der Waals surface area contributed by atoms with Gasteiger partial charge in [0.05, 0.1) is 13.1 Å². The van der Waals surface area contributed by atoms with Crippen molar-refractivity contribution in [2.24, 2.45) is 5.92 Å². The highest BCUT2D eigenvalue weighted by molar-refractivity contribution is 5.77. The van der Waals surface area contributed by atoms with Crippen molar-refractivity contribution in [1.82, 2.24) is 5.32 Å². The molecule has 5 heteroatoms. The highest BCUT2D eigenvalue weighted by Crippen LogP contribution is 2.17. The van der Waals surface area contributed by atoms with Gasteiger partial charge in [-0.1, -0.05) is 12.8 Å². The number of piperidine rings is 1. The van der Waals surface area contributed by atoms with Gasteiger partial charge in [-0.25, -0.2) is 0 Å². The summed E-state index contributed by atoms with van der Waals surface area (Å²) in [6, 6.07) is 0.373. The Morgan fingerprint density at radius 3 is 2.28 bits per heavy atom. The molecule has 0 spiro atoms. The summed E-state index contributed by atoms with van der Waals surface area (Å²) < 4.78 is 0. The maximum Gasteiger partial charge on any atom is 0.275 e. The highest BCUT2D eigenvalue weighted by Gasteiger charge is 2.25. The fourth-order valence-corrected chi connectivity index (χ4v) is 3.01. The van der Waals surface area contributed by atoms with Crippen LogP contribution >= 0.6 is 0 Å². The Kier molecular flexibility index (Phi) is 4.58. The predicted molar refractivity (Wildman–Crippen MR) is 63.7 cm³/mol. The van der Waals surface area contributed by atoms with Gasteiger partial charge >= 0.3 is 0 Å². The van der Waals surface area contributed by atoms with Crippen molar-refractivity contribution in [1.29, 1.82) is 0 Å². The Morgan fingerprint density at radius 2 is 1.72 bits per heavy atom. The second kappa shape index (κ2) is 6.18. The number of quaternary nitrogens is 1. The van der Waals surface area contributed by atoms with Crippen LogP contribution in [0.4, 0.5) is 0 Å². The SMILES string of the molecule is O=C(C[NH+]1CCC(C(=O)[O-])CC1)NC1CCCC1. The third-order valence-electron chi connectivity index (χ3n) is 4.16. The monoisotopic (exact) mass is 254 g/mol. The topological polar surface area (TPSA) is 73.7 Å². The predicted octanol–water partition coefficient (Wildman–Crippen LogP) is -1.91. The molecule has 1 aliphatic heterocycles. The maximum absolute atomic E-state index is 11.8. The molecule has 1 heterocycles. The smallest absolute Gasteiger partial charge is 0.275 e. The molecule has 2 aliphatic rings. The number of carboxylic acid groups (broad SMARTS) is 1. The number of amides is 1. The third kappa shape index (κ3) is 3.70. The van der Waals surface area contributed by atoms with Crippen molar-refractivity contribution in [2.75, 3.05) is 19.6 Å². The Bertz CT molecular complexity index is 305. The summed E-state index contributed by atoms with van der Waals surface area (Å²) in [7, 11) is 0. The minimum absolute atomic E-state index is 0.115. The number of hydrogen-bond donors (Lipinski definition) is 2. The van der Waals surface area contributed by atoms with Gasteiger partial charge in [0.15, 0.2) is 6.54 Å². The lowest BCUT2D eigenvalue weighted by atomic mass is 9.97. The molecule has 1 saturated carbocycles. The van der Waals surface area contributed by atoms with Gasteiger partial charge in [0.2, 0.25) is 0 Å². The Labute approximate surface area is 108 Å². The van der Waals surface area contributed by atoms with E-state index in [2.05, 4.69) is 5.32 Å². The van der Waals surface area contributed by atoms with E-state index in [4.69, 9.17) is 0 Å². The fourth-order valence-electron chi connectivity index (χ4n) is 3.01. The number of nitrogens with one attached hydrogen (secondary N) is 2. The lowest BCUT2D eigenvalue weighted by Crippen LogP contribution is -3.14. The van der Waals surface area contributed by atoms with Crippen LogP contribution in [0.2, 0.25) is 0 Å². The first-order valence-corrected chi connectivity index (χ1v) is 6.99. The quantitative estimate of drug-likeness (QED) is 0.615. The average Bonchev–Trinajstić information content (AvgIpc) is 2.82. The van der Waals surface area contributed by atoms with Crippen LogP contribution in [-0.2, 0) is 9.59 Å². The zero-order valence-electron chi connectivity index (χ0n) is 10.7. The van der Waals surface area contributed by atoms with Gasteiger partial charge < -0.3 is 20.1 Å². The minimum Gasteiger partial charge on any atom is -0.550 e. The van der Waals surface area contributed by atoms with E-state index in [9.17, 15) is 14.7 Å². The van der Waals surface area contributed by atoms with Gasteiger partial charge in [0, 0.05) is 30.8 Å². The molecular weight excluding hydrogens is 232 g/mol. The Balaban J connectivity index is 1.67. The van der Waals surface area contributed by atoms with Gasteiger partial charge in [-0.2, -0.15) is 0 Å². The molecule has 2 fully saturated rings. The van der Waals surface area contributed by atoms with Crippen LogP contribution in [0.15, 0.2) is 0 Å². The largest absolute Gasteiger partial charge is 0.550 e. The molecule has 0 radical (unpaired) electrons. The van der Waals surface area contributed by atoms with Gasteiger partial charge in [-0.05, 0) is 12.8 Å². The van der Waals surface area contributed by atoms with Crippen LogP contribution in [0.1, 0.15) is 38.5 Å². The zero-order chi connectivity index (χ0) is 13.0. The molecule has 1 amide bonds. The molecule has 1 aliphatic carbocycles. The van der Waals surface area contributed by atoms with E-state index in [1.807, 2.05) is 0 Å². The molecule has 18 heavy (non-hydrogen) atoms. The molecule has 0 atom stereocenters. The number of carbonyl (C=O) groups excluding carboxylic acids is 2. The van der Waals surface area contributed by atoms with Crippen LogP contribution in [-0.4, -0.2) is 37.6 Å². The second-order valence-electron chi connectivity index (χ2n) is 5.57. The molecule has 0 aromatic carbocycles. The van der Waals surface area contributed by atoms with Gasteiger partial charge in [0.25, 0.3) is 5.91 Å². The summed E-state index contributed by atoms with van der Waals surface area (Å²) in [6.07, 6.45) is 5.91. The number of aliphatic carboxylic acids is 1. The van der Waals surface area contributed by atoms with Gasteiger partial charge in [-0.15, -0.1) is 0 Å². The van der Waals surface area contributed by atoms with E-state index in [0.29, 0.717) is 25.4 Å². The van der Waals surface area contributed by atoms with E-state index in [1.54, 1.807) is 0 Å². The summed E-state index contributed by atoms with van der Waals surface area (Å²) in [6.45, 7) is 2.00. The van der Waals surface area contributed by atoms with E-state index >= 15 is 0 Å². The Morgan fingerprint density at radius 1 is 1.11 bits per heavy atom. The van der Waals surface area contributed by atoms with Crippen LogP contribution in [0.3, 0.4) is 0 Å². The van der Waals surface area contributed by atoms with Crippen LogP contribution < -0.4 is 15.3 Å². The summed E-state index contributed by atoms with van der Waals surface area (Å²) in [5, 5.41) is 13.8. The molecule has 2 rings (SSSR count). The first kappa shape index (κ1) is 13.3. The first-order chi connectivity index (χ1) is 8.65. The highest BCUT2D eigenvalue weighted by atomic mass is 16.4. The van der Waals surface area contributed by atoms with Gasteiger partial charge in [0.1, 0.15) is 0 Å². The average molecular weight is 254 g/mol. The van der Waals surface area contributed by atoms with E-state index in [0.717, 1.165) is 25.9 Å². The number of carbonyl (C=O) groups is 2. The molecule has 0 aromatic heterocycles. The minimum atomic E-state index is -0.940. The molecule has 5 nitrogen and oxygen atoms in total. The maximum atomic E-state index is 11.8. The first-order valence-electron chi connectivity index (χ1n) is 6.99. The Hall–Kier alpha value is -1.10. The van der Waals surface area contributed by atoms with E-state index in [1.165, 1.54) is 17.7 Å². The summed E-state index contributed by atoms with van der Waals surface area (Å²) in [5.74, 6) is -1.14. The number of carboxylic acids is 1. The van der Waals surface area contributed by atoms with E-state index in [-0.39, 0.29) is 11.8 Å². The molecule has 2 N–H and O–H groups in total. The summed E-state index contributed by atoms with van der Waals surface area (Å²) in [4.78, 5) is 23.7. The molecule has 0 aromatic rings. The van der Waals surface area contributed by atoms with Gasteiger partial charge in [-0.3, -0.25) is 4.79 Å². The second-order valence-corrected chi connectivity index (χ2v) is 5.57. The summed E-state index contributed by atoms with van der Waals surface area (Å²) >= 11 is 0. The zero-order valence-corrected chi connectivity index (χ0v) is 10.7. The van der Waals surface area contributed by atoms with E-state index < -0.39 is 5.97 Å². The number of likely N-dealkylation sites (tertiary alicyclic amines) is 1. The van der Waals surface area contributed by atoms with Crippen LogP contribution in [0.25, 0.3) is 0 Å².